The van der Waals surface area contributed by atoms with E-state index < -0.39 is 5.60 Å². The minimum atomic E-state index is -0.473. The zero-order valence-electron chi connectivity index (χ0n) is 24.3. The number of carbonyl (C=O) groups is 2. The molecule has 1 aliphatic heterocycles. The van der Waals surface area contributed by atoms with E-state index in [4.69, 9.17) is 9.15 Å². The van der Waals surface area contributed by atoms with Gasteiger partial charge in [-0.1, -0.05) is 49.1 Å². The zero-order chi connectivity index (χ0) is 27.9. The van der Waals surface area contributed by atoms with E-state index in [0.29, 0.717) is 17.7 Å². The van der Waals surface area contributed by atoms with Gasteiger partial charge in [0.2, 0.25) is 0 Å². The van der Waals surface area contributed by atoms with Gasteiger partial charge in [-0.2, -0.15) is 0 Å². The topological polar surface area (TPSA) is 83.8 Å². The lowest BCUT2D eigenvalue weighted by Gasteiger charge is -2.40. The molecule has 39 heavy (non-hydrogen) atoms. The number of hydrogen-bond donors (Lipinski definition) is 2. The first-order valence-corrected chi connectivity index (χ1v) is 14.8. The average Bonchev–Trinajstić information content (AvgIpc) is 3.39. The lowest BCUT2D eigenvalue weighted by atomic mass is 9.69. The minimum Gasteiger partial charge on any atom is -0.459 e. The number of furan rings is 1. The standard InChI is InChI=1S/C32H47N3O4/c1-24-8-10-25(11-9-24)27-14-23-38-28(27)29(36)34-26-12-20-35(21-13-26)22-18-32(15-6-5-7-16-32)17-19-33-30(37)39-31(2,3)4/h8-11,14,23,26H,5-7,12-13,15-22H2,1-4H3,(H,33,37)(H,34,36). The van der Waals surface area contributed by atoms with E-state index in [-0.39, 0.29) is 18.0 Å². The van der Waals surface area contributed by atoms with Gasteiger partial charge >= 0.3 is 6.09 Å². The number of alkyl carbamates (subject to hydrolysis) is 1. The summed E-state index contributed by atoms with van der Waals surface area (Å²) < 4.78 is 11.0. The molecule has 1 aromatic carbocycles. The van der Waals surface area contributed by atoms with Gasteiger partial charge in [-0.3, -0.25) is 4.79 Å². The van der Waals surface area contributed by atoms with E-state index in [1.54, 1.807) is 6.26 Å². The summed E-state index contributed by atoms with van der Waals surface area (Å²) in [5.74, 6) is 0.258. The first-order chi connectivity index (χ1) is 18.6. The van der Waals surface area contributed by atoms with Gasteiger partial charge in [0.15, 0.2) is 5.76 Å². The molecular formula is C32H47N3O4. The van der Waals surface area contributed by atoms with Gasteiger partial charge in [0.25, 0.3) is 5.91 Å². The summed E-state index contributed by atoms with van der Waals surface area (Å²) in [6, 6.07) is 10.2. The van der Waals surface area contributed by atoms with E-state index in [1.807, 2.05) is 39.0 Å². The highest BCUT2D eigenvalue weighted by Gasteiger charge is 2.33. The maximum Gasteiger partial charge on any atom is 0.407 e. The van der Waals surface area contributed by atoms with Crippen LogP contribution in [0.5, 0.6) is 0 Å². The molecule has 1 aliphatic carbocycles. The largest absolute Gasteiger partial charge is 0.459 e. The molecule has 0 unspecified atom stereocenters. The van der Waals surface area contributed by atoms with Gasteiger partial charge < -0.3 is 24.7 Å². The molecule has 214 valence electrons. The summed E-state index contributed by atoms with van der Waals surface area (Å²) >= 11 is 0. The molecule has 1 saturated heterocycles. The summed E-state index contributed by atoms with van der Waals surface area (Å²) in [5, 5.41) is 6.20. The van der Waals surface area contributed by atoms with Crippen LogP contribution in [0.2, 0.25) is 0 Å². The van der Waals surface area contributed by atoms with Gasteiger partial charge in [0.05, 0.1) is 6.26 Å². The number of nitrogens with zero attached hydrogens (tertiary/aromatic N) is 1. The van der Waals surface area contributed by atoms with E-state index in [9.17, 15) is 9.59 Å². The lowest BCUT2D eigenvalue weighted by Crippen LogP contribution is -2.45. The molecule has 7 nitrogen and oxygen atoms in total. The second kappa shape index (κ2) is 13.0. The van der Waals surface area contributed by atoms with Crippen molar-refractivity contribution in [3.63, 3.8) is 0 Å². The molecule has 2 aromatic rings. The molecule has 2 N–H and O–H groups in total. The molecule has 0 radical (unpaired) electrons. The third-order valence-corrected chi connectivity index (χ3v) is 8.35. The fourth-order valence-electron chi connectivity index (χ4n) is 6.06. The Kier molecular flexibility index (Phi) is 9.76. The number of hydrogen-bond acceptors (Lipinski definition) is 5. The van der Waals surface area contributed by atoms with Crippen LogP contribution in [-0.2, 0) is 4.74 Å². The molecule has 1 aromatic heterocycles. The lowest BCUT2D eigenvalue weighted by molar-refractivity contribution is 0.0508. The van der Waals surface area contributed by atoms with Crippen LogP contribution in [0, 0.1) is 12.3 Å². The van der Waals surface area contributed by atoms with Gasteiger partial charge in [0, 0.05) is 31.2 Å². The molecule has 1 saturated carbocycles. The third kappa shape index (κ3) is 8.59. The highest BCUT2D eigenvalue weighted by molar-refractivity contribution is 5.98. The molecule has 0 atom stereocenters. The van der Waals surface area contributed by atoms with Crippen LogP contribution in [0.4, 0.5) is 4.79 Å². The average molecular weight is 538 g/mol. The molecule has 0 spiro atoms. The van der Waals surface area contributed by atoms with Crippen molar-refractivity contribution in [1.82, 2.24) is 15.5 Å². The van der Waals surface area contributed by atoms with Crippen LogP contribution in [0.3, 0.4) is 0 Å². The summed E-state index contributed by atoms with van der Waals surface area (Å²) in [6.07, 6.45) is 11.7. The molecule has 7 heteroatoms. The number of aryl methyl sites for hydroxylation is 1. The Morgan fingerprint density at radius 2 is 1.72 bits per heavy atom. The fourth-order valence-corrected chi connectivity index (χ4v) is 6.06. The monoisotopic (exact) mass is 537 g/mol. The van der Waals surface area contributed by atoms with Crippen molar-refractivity contribution in [2.75, 3.05) is 26.2 Å². The fraction of sp³-hybridized carbons (Fsp3) is 0.625. The Bertz CT molecular complexity index is 1070. The van der Waals surface area contributed by atoms with E-state index in [1.165, 1.54) is 37.7 Å². The van der Waals surface area contributed by atoms with Crippen molar-refractivity contribution in [3.05, 3.63) is 47.9 Å². The molecular weight excluding hydrogens is 490 g/mol. The third-order valence-electron chi connectivity index (χ3n) is 8.35. The molecule has 2 fully saturated rings. The maximum absolute atomic E-state index is 13.1. The summed E-state index contributed by atoms with van der Waals surface area (Å²) in [6.45, 7) is 11.4. The van der Waals surface area contributed by atoms with Crippen molar-refractivity contribution in [1.29, 1.82) is 0 Å². The highest BCUT2D eigenvalue weighted by atomic mass is 16.6. The van der Waals surface area contributed by atoms with E-state index in [0.717, 1.165) is 56.4 Å². The van der Waals surface area contributed by atoms with Gasteiger partial charge in [-0.15, -0.1) is 0 Å². The number of carbonyl (C=O) groups excluding carboxylic acids is 2. The normalized spacial score (nSPS) is 18.5. The second-order valence-corrected chi connectivity index (χ2v) is 12.6. The molecule has 0 bridgehead atoms. The van der Waals surface area contributed by atoms with Crippen molar-refractivity contribution in [2.45, 2.75) is 97.1 Å². The van der Waals surface area contributed by atoms with E-state index >= 15 is 0 Å². The van der Waals surface area contributed by atoms with Crippen LogP contribution >= 0.6 is 0 Å². The summed E-state index contributed by atoms with van der Waals surface area (Å²) in [4.78, 5) is 27.7. The van der Waals surface area contributed by atoms with Crippen LogP contribution in [0.1, 0.15) is 94.7 Å². The SMILES string of the molecule is Cc1ccc(-c2ccoc2C(=O)NC2CCN(CCC3(CCNC(=O)OC(C)(C)C)CCCCC3)CC2)cc1. The van der Waals surface area contributed by atoms with Crippen LogP contribution in [0.15, 0.2) is 41.0 Å². The van der Waals surface area contributed by atoms with E-state index in [2.05, 4.69) is 34.6 Å². The van der Waals surface area contributed by atoms with Gasteiger partial charge in [-0.25, -0.2) is 4.79 Å². The molecule has 2 heterocycles. The number of piperidine rings is 1. The van der Waals surface area contributed by atoms with Gasteiger partial charge in [0.1, 0.15) is 5.60 Å². The van der Waals surface area contributed by atoms with Crippen molar-refractivity contribution >= 4 is 12.0 Å². The second-order valence-electron chi connectivity index (χ2n) is 12.6. The summed E-state index contributed by atoms with van der Waals surface area (Å²) in [5.41, 5.74) is 2.84. The minimum absolute atomic E-state index is 0.132. The summed E-state index contributed by atoms with van der Waals surface area (Å²) in [7, 11) is 0. The molecule has 2 aliphatic rings. The van der Waals surface area contributed by atoms with Crippen molar-refractivity contribution in [3.8, 4) is 11.1 Å². The van der Waals surface area contributed by atoms with Crippen LogP contribution in [-0.4, -0.2) is 54.7 Å². The number of rotatable bonds is 9. The number of likely N-dealkylation sites (tertiary alicyclic amines) is 1. The Labute approximate surface area is 234 Å². The predicted octanol–water partition coefficient (Wildman–Crippen LogP) is 6.70. The highest BCUT2D eigenvalue weighted by Crippen LogP contribution is 2.42. The van der Waals surface area contributed by atoms with Crippen molar-refractivity contribution in [2.24, 2.45) is 5.41 Å². The Hall–Kier alpha value is -2.80. The Balaban J connectivity index is 1.23. The number of benzene rings is 1. The predicted molar refractivity (Wildman–Crippen MR) is 155 cm³/mol. The Morgan fingerprint density at radius 3 is 2.38 bits per heavy atom. The molecule has 2 amide bonds. The Morgan fingerprint density at radius 1 is 1.03 bits per heavy atom. The first-order valence-electron chi connectivity index (χ1n) is 14.8. The van der Waals surface area contributed by atoms with Crippen LogP contribution in [0.25, 0.3) is 11.1 Å². The first kappa shape index (κ1) is 29.2. The zero-order valence-corrected chi connectivity index (χ0v) is 24.3. The van der Waals surface area contributed by atoms with Gasteiger partial charge in [-0.05, 0) is 89.8 Å². The smallest absolute Gasteiger partial charge is 0.407 e. The number of nitrogens with one attached hydrogen (secondary N) is 2. The quantitative estimate of drug-likeness (QED) is 0.372. The van der Waals surface area contributed by atoms with Crippen molar-refractivity contribution < 1.29 is 18.7 Å². The molecule has 4 rings (SSSR count). The number of amides is 2. The maximum atomic E-state index is 13.1. The number of ether oxygens (including phenoxy) is 1. The van der Waals surface area contributed by atoms with Crippen LogP contribution < -0.4 is 10.6 Å².